The molecule has 0 aromatic carbocycles. The van der Waals surface area contributed by atoms with Gasteiger partial charge in [-0.05, 0) is 43.1 Å². The van der Waals surface area contributed by atoms with Crippen LogP contribution in [-0.2, 0) is 9.59 Å². The smallest absolute Gasteiger partial charge is 0.244 e. The van der Waals surface area contributed by atoms with Crippen LogP contribution < -0.4 is 5.73 Å². The van der Waals surface area contributed by atoms with Crippen LogP contribution in [0.2, 0.25) is 51.4 Å². The monoisotopic (exact) mass is 405 g/mol. The Kier molecular flexibility index (Phi) is 19.8. The number of carbonyl (C=O) groups excluding carboxylic acids is 2. The van der Waals surface area contributed by atoms with Crippen LogP contribution in [0.25, 0.3) is 0 Å². The second kappa shape index (κ2) is 16.9. The summed E-state index contributed by atoms with van der Waals surface area (Å²) in [5.74, 6) is 0.186. The van der Waals surface area contributed by atoms with Crippen molar-refractivity contribution in [3.8, 4) is 0 Å². The molecule has 0 fully saturated rings. The molecule has 148 valence electrons. The average Bonchev–Trinajstić information content (AvgIpc) is 2.48. The summed E-state index contributed by atoms with van der Waals surface area (Å²) in [7, 11) is -1.63. The van der Waals surface area contributed by atoms with Crippen molar-refractivity contribution in [1.29, 1.82) is 0 Å². The Hall–Kier alpha value is -0.496. The van der Waals surface area contributed by atoms with Crippen molar-refractivity contribution in [2.75, 3.05) is 6.54 Å². The normalized spacial score (nSPS) is 10.6. The van der Waals surface area contributed by atoms with Gasteiger partial charge < -0.3 is 5.73 Å². The van der Waals surface area contributed by atoms with E-state index < -0.39 is 21.4 Å². The van der Waals surface area contributed by atoms with Crippen molar-refractivity contribution in [3.63, 3.8) is 0 Å². The Morgan fingerprint density at radius 1 is 0.880 bits per heavy atom. The third kappa shape index (κ3) is 39.9. The first-order chi connectivity index (χ1) is 11.3. The number of unbranched alkanes of at least 4 members (excludes halogenated alkanes) is 1. The molecule has 0 rings (SSSR count). The van der Waals surface area contributed by atoms with Crippen molar-refractivity contribution in [1.82, 2.24) is 0 Å². The third-order valence-electron chi connectivity index (χ3n) is 3.12. The van der Waals surface area contributed by atoms with E-state index in [1.54, 1.807) is 0 Å². The molecule has 0 aliphatic heterocycles. The van der Waals surface area contributed by atoms with E-state index in [0.717, 1.165) is 19.0 Å². The Morgan fingerprint density at radius 2 is 1.28 bits per heavy atom. The molecular formula is C19H40ClNO2Si2. The fourth-order valence-corrected chi connectivity index (χ4v) is 4.26. The van der Waals surface area contributed by atoms with E-state index in [9.17, 15) is 9.59 Å². The summed E-state index contributed by atoms with van der Waals surface area (Å²) in [6, 6.07) is 2.71. The molecule has 0 aromatic rings. The van der Waals surface area contributed by atoms with Crippen LogP contribution in [0.3, 0.4) is 0 Å². The van der Waals surface area contributed by atoms with Crippen molar-refractivity contribution in [2.24, 2.45) is 5.73 Å². The highest BCUT2D eigenvalue weighted by Gasteiger charge is 2.11. The molecule has 0 unspecified atom stereocenters. The van der Waals surface area contributed by atoms with Crippen molar-refractivity contribution < 1.29 is 9.59 Å². The number of hydrogen-bond donors (Lipinski definition) is 1. The van der Waals surface area contributed by atoms with Gasteiger partial charge in [-0.2, -0.15) is 0 Å². The zero-order valence-corrected chi connectivity index (χ0v) is 20.0. The summed E-state index contributed by atoms with van der Waals surface area (Å²) >= 11 is 4.71. The number of hydrogen-bond acceptors (Lipinski definition) is 3. The summed E-state index contributed by atoms with van der Waals surface area (Å²) in [6.07, 6.45) is 6.62. The maximum absolute atomic E-state index is 10.8. The maximum atomic E-state index is 10.8. The minimum atomic E-state index is -0.877. The van der Waals surface area contributed by atoms with Crippen LogP contribution in [-0.4, -0.2) is 33.7 Å². The quantitative estimate of drug-likeness (QED) is 0.214. The molecule has 0 saturated carbocycles. The van der Waals surface area contributed by atoms with Gasteiger partial charge in [-0.25, -0.2) is 0 Å². The van der Waals surface area contributed by atoms with Crippen molar-refractivity contribution in [3.05, 3.63) is 25.3 Å². The Bertz CT molecular complexity index is 386. The number of rotatable bonds is 10. The number of carbonyl (C=O) groups is 2. The van der Waals surface area contributed by atoms with Gasteiger partial charge in [-0.15, -0.1) is 0 Å². The standard InChI is InChI=1S/C10H20OSi.C6H17NSi.C3H3ClO/c1-5-10(11)8-6-7-9-12(2,3)4;1-8(2,3)6-4-5-7;1-2-3(4)5/h5H,1,6-9H2,2-4H3;4-7H2,1-3H3;2H,1H2. The molecule has 2 N–H and O–H groups in total. The molecule has 0 radical (unpaired) electrons. The van der Waals surface area contributed by atoms with Gasteiger partial charge in [-0.1, -0.05) is 70.9 Å². The maximum Gasteiger partial charge on any atom is 0.244 e. The van der Waals surface area contributed by atoms with Crippen LogP contribution in [0, 0.1) is 0 Å². The Morgan fingerprint density at radius 3 is 1.52 bits per heavy atom. The largest absolute Gasteiger partial charge is 0.330 e. The molecular weight excluding hydrogens is 366 g/mol. The second-order valence-electron chi connectivity index (χ2n) is 8.40. The minimum Gasteiger partial charge on any atom is -0.330 e. The fourth-order valence-electron chi connectivity index (χ4n) is 1.69. The van der Waals surface area contributed by atoms with E-state index in [1.807, 2.05) is 0 Å². The molecule has 0 bridgehead atoms. The summed E-state index contributed by atoms with van der Waals surface area (Å²) in [4.78, 5) is 20.3. The number of nitrogens with two attached hydrogens (primary N) is 1. The molecule has 0 atom stereocenters. The molecule has 6 heteroatoms. The summed E-state index contributed by atoms with van der Waals surface area (Å²) in [6.45, 7) is 21.6. The molecule has 0 aliphatic rings. The van der Waals surface area contributed by atoms with Gasteiger partial charge in [0.15, 0.2) is 5.78 Å². The lowest BCUT2D eigenvalue weighted by atomic mass is 10.2. The lowest BCUT2D eigenvalue weighted by molar-refractivity contribution is -0.114. The predicted molar refractivity (Wildman–Crippen MR) is 120 cm³/mol. The van der Waals surface area contributed by atoms with Gasteiger partial charge in [-0.3, -0.25) is 9.59 Å². The van der Waals surface area contributed by atoms with Crippen LogP contribution in [0.4, 0.5) is 0 Å². The first kappa shape index (κ1) is 29.3. The molecule has 0 amide bonds. The van der Waals surface area contributed by atoms with Crippen LogP contribution in [0.1, 0.15) is 25.7 Å². The van der Waals surface area contributed by atoms with E-state index >= 15 is 0 Å². The van der Waals surface area contributed by atoms with E-state index in [4.69, 9.17) is 17.3 Å². The molecule has 3 nitrogen and oxygen atoms in total. The van der Waals surface area contributed by atoms with Gasteiger partial charge in [0, 0.05) is 22.6 Å². The first-order valence-electron chi connectivity index (χ1n) is 8.96. The van der Waals surface area contributed by atoms with Crippen LogP contribution >= 0.6 is 11.6 Å². The molecule has 0 saturated heterocycles. The number of ketones is 1. The van der Waals surface area contributed by atoms with Gasteiger partial charge >= 0.3 is 0 Å². The highest BCUT2D eigenvalue weighted by atomic mass is 35.5. The first-order valence-corrected chi connectivity index (χ1v) is 16.8. The Balaban J connectivity index is -0.000000321. The van der Waals surface area contributed by atoms with Gasteiger partial charge in [0.1, 0.15) is 0 Å². The number of allylic oxidation sites excluding steroid dienone is 2. The fraction of sp³-hybridized carbons (Fsp3) is 0.684. The lowest BCUT2D eigenvalue weighted by Crippen LogP contribution is -2.20. The summed E-state index contributed by atoms with van der Waals surface area (Å²) in [5.41, 5.74) is 5.36. The molecule has 0 aliphatic carbocycles. The highest BCUT2D eigenvalue weighted by molar-refractivity contribution is 6.76. The number of halogens is 1. The van der Waals surface area contributed by atoms with Gasteiger partial charge in [0.05, 0.1) is 0 Å². The predicted octanol–water partition coefficient (Wildman–Crippen LogP) is 5.86. The van der Waals surface area contributed by atoms with Gasteiger partial charge in [0.2, 0.25) is 5.24 Å². The van der Waals surface area contributed by atoms with E-state index in [2.05, 4.69) is 52.4 Å². The average molecular weight is 406 g/mol. The van der Waals surface area contributed by atoms with E-state index in [-0.39, 0.29) is 5.78 Å². The molecule has 0 heterocycles. The third-order valence-corrected chi connectivity index (χ3v) is 6.98. The minimum absolute atomic E-state index is 0.186. The van der Waals surface area contributed by atoms with Crippen LogP contribution in [0.15, 0.2) is 25.3 Å². The molecule has 0 spiro atoms. The second-order valence-corrected chi connectivity index (χ2v) is 20.0. The zero-order valence-electron chi connectivity index (χ0n) is 17.3. The SMILES string of the molecule is C=CC(=O)CCCC[Si](C)(C)C.C=CC(=O)Cl.C[Si](C)(C)CCCN. The van der Waals surface area contributed by atoms with E-state index in [1.165, 1.54) is 31.0 Å². The Labute approximate surface area is 163 Å². The van der Waals surface area contributed by atoms with Crippen molar-refractivity contribution >= 4 is 38.8 Å². The van der Waals surface area contributed by atoms with E-state index in [0.29, 0.717) is 6.42 Å². The highest BCUT2D eigenvalue weighted by Crippen LogP contribution is 2.13. The van der Waals surface area contributed by atoms with Crippen LogP contribution in [0.5, 0.6) is 0 Å². The molecule has 25 heavy (non-hydrogen) atoms. The lowest BCUT2D eigenvalue weighted by Gasteiger charge is -2.14. The zero-order chi connectivity index (χ0) is 20.5. The topological polar surface area (TPSA) is 60.2 Å². The molecule has 0 aromatic heterocycles. The summed E-state index contributed by atoms with van der Waals surface area (Å²) < 4.78 is 0. The van der Waals surface area contributed by atoms with Crippen molar-refractivity contribution in [2.45, 2.75) is 77.1 Å². The summed E-state index contributed by atoms with van der Waals surface area (Å²) in [5, 5.41) is -0.509. The van der Waals surface area contributed by atoms with Gasteiger partial charge in [0.25, 0.3) is 0 Å².